The number of hydrogen-bond acceptors (Lipinski definition) is 6. The highest BCUT2D eigenvalue weighted by atomic mass is 32.2. The molecule has 1 atom stereocenters. The number of rotatable bonds is 5. The molecular weight excluding hydrogens is 340 g/mol. The first-order chi connectivity index (χ1) is 11.8. The molecule has 0 aromatic heterocycles. The number of carbonyl (C=O) groups excluding carboxylic acids is 1. The quantitative estimate of drug-likeness (QED) is 0.371. The van der Waals surface area contributed by atoms with E-state index in [1.54, 1.807) is 27.7 Å². The molecule has 134 valence electrons. The number of benzene rings is 1. The maximum Gasteiger partial charge on any atom is 0.337 e. The fraction of sp³-hybridized carbons (Fsp3) is 0.389. The van der Waals surface area contributed by atoms with E-state index in [-0.39, 0.29) is 17.4 Å². The van der Waals surface area contributed by atoms with Crippen LogP contribution in [0.15, 0.2) is 51.8 Å². The number of thioether (sulfide) groups is 1. The third kappa shape index (κ3) is 3.87. The molecule has 1 heterocycles. The van der Waals surface area contributed by atoms with E-state index in [4.69, 9.17) is 4.74 Å². The number of ether oxygens (including phenoxy) is 1. The molecule has 0 saturated carbocycles. The molecule has 6 nitrogen and oxygen atoms in total. The van der Waals surface area contributed by atoms with Crippen LogP contribution in [0.4, 0.5) is 0 Å². The molecule has 1 unspecified atom stereocenters. The number of hydrogen-bond donors (Lipinski definition) is 1. The molecule has 0 aliphatic carbocycles. The van der Waals surface area contributed by atoms with Crippen LogP contribution in [-0.2, 0) is 9.53 Å². The van der Waals surface area contributed by atoms with Gasteiger partial charge in [0.05, 0.1) is 22.3 Å². The topological polar surface area (TPSA) is 81.5 Å². The average Bonchev–Trinajstić information content (AvgIpc) is 2.52. The van der Waals surface area contributed by atoms with Gasteiger partial charge >= 0.3 is 5.97 Å². The Bertz CT molecular complexity index is 768. The summed E-state index contributed by atoms with van der Waals surface area (Å²) in [6, 6.07) is 7.43. The number of nitrogens with one attached hydrogen (secondary N) is 1. The van der Waals surface area contributed by atoms with E-state index in [1.165, 1.54) is 11.8 Å². The van der Waals surface area contributed by atoms with E-state index >= 15 is 0 Å². The Hall–Kier alpha value is -2.28. The van der Waals surface area contributed by atoms with Crippen molar-refractivity contribution in [2.45, 2.75) is 44.6 Å². The van der Waals surface area contributed by atoms with Gasteiger partial charge in [-0.1, -0.05) is 18.2 Å². The van der Waals surface area contributed by atoms with Gasteiger partial charge in [0.25, 0.3) is 5.70 Å². The normalized spacial score (nSPS) is 17.6. The Morgan fingerprint density at radius 3 is 2.48 bits per heavy atom. The lowest BCUT2D eigenvalue weighted by atomic mass is 9.84. The highest BCUT2D eigenvalue weighted by molar-refractivity contribution is 7.98. The van der Waals surface area contributed by atoms with E-state index in [1.807, 2.05) is 30.5 Å². The SMILES string of the molecule is CSc1ccccc1C1C(C(=O)OC(C)C)=C(C)NC(C)=C1[N+](=O)[O-]. The van der Waals surface area contributed by atoms with Crippen LogP contribution in [0.5, 0.6) is 0 Å². The zero-order valence-electron chi connectivity index (χ0n) is 15.0. The number of carbonyl (C=O) groups is 1. The minimum absolute atomic E-state index is 0.0252. The standard InChI is InChI=1S/C18H22N2O4S/c1-10(2)24-18(21)15-11(3)19-12(4)17(20(22)23)16(15)13-8-6-7-9-14(13)25-5/h6-10,16,19H,1-5H3. The predicted octanol–water partition coefficient (Wildman–Crippen LogP) is 3.83. The molecule has 0 fully saturated rings. The summed E-state index contributed by atoms with van der Waals surface area (Å²) in [7, 11) is 0. The van der Waals surface area contributed by atoms with Gasteiger partial charge in [-0.25, -0.2) is 4.79 Å². The summed E-state index contributed by atoms with van der Waals surface area (Å²) in [5.74, 6) is -1.31. The van der Waals surface area contributed by atoms with Crippen molar-refractivity contribution >= 4 is 17.7 Å². The van der Waals surface area contributed by atoms with E-state index in [9.17, 15) is 14.9 Å². The minimum atomic E-state index is -0.772. The van der Waals surface area contributed by atoms with Crippen molar-refractivity contribution in [1.82, 2.24) is 5.32 Å². The molecule has 0 bridgehead atoms. The van der Waals surface area contributed by atoms with Crippen LogP contribution in [0.2, 0.25) is 0 Å². The molecule has 0 radical (unpaired) electrons. The van der Waals surface area contributed by atoms with Crippen molar-refractivity contribution in [3.05, 3.63) is 62.6 Å². The van der Waals surface area contributed by atoms with E-state index in [2.05, 4.69) is 5.32 Å². The molecule has 2 rings (SSSR count). The zero-order chi connectivity index (χ0) is 18.7. The Morgan fingerprint density at radius 2 is 1.92 bits per heavy atom. The van der Waals surface area contributed by atoms with Gasteiger partial charge in [0.15, 0.2) is 0 Å². The van der Waals surface area contributed by atoms with E-state index < -0.39 is 16.8 Å². The van der Waals surface area contributed by atoms with E-state index in [0.29, 0.717) is 11.4 Å². The van der Waals surface area contributed by atoms with Gasteiger partial charge in [0.1, 0.15) is 5.92 Å². The Kier molecular flexibility index (Phi) is 5.89. The summed E-state index contributed by atoms with van der Waals surface area (Å²) >= 11 is 1.49. The summed E-state index contributed by atoms with van der Waals surface area (Å²) in [4.78, 5) is 25.0. The monoisotopic (exact) mass is 362 g/mol. The van der Waals surface area contributed by atoms with Gasteiger partial charge in [-0.2, -0.15) is 0 Å². The van der Waals surface area contributed by atoms with Crippen molar-refractivity contribution in [2.75, 3.05) is 6.26 Å². The molecule has 0 saturated heterocycles. The van der Waals surface area contributed by atoms with Crippen molar-refractivity contribution in [3.63, 3.8) is 0 Å². The third-order valence-corrected chi connectivity index (χ3v) is 4.75. The maximum absolute atomic E-state index is 12.7. The molecule has 25 heavy (non-hydrogen) atoms. The van der Waals surface area contributed by atoms with Crippen molar-refractivity contribution in [3.8, 4) is 0 Å². The second-order valence-corrected chi connectivity index (χ2v) is 6.91. The number of nitrogens with zero attached hydrogens (tertiary/aromatic N) is 1. The van der Waals surface area contributed by atoms with Crippen molar-refractivity contribution < 1.29 is 14.5 Å². The first kappa shape index (κ1) is 19.1. The van der Waals surface area contributed by atoms with Crippen LogP contribution >= 0.6 is 11.8 Å². The van der Waals surface area contributed by atoms with Crippen LogP contribution in [0.25, 0.3) is 0 Å². The van der Waals surface area contributed by atoms with Crippen molar-refractivity contribution in [2.24, 2.45) is 0 Å². The minimum Gasteiger partial charge on any atom is -0.460 e. The van der Waals surface area contributed by atoms with Crippen LogP contribution in [0.3, 0.4) is 0 Å². The average molecular weight is 362 g/mol. The van der Waals surface area contributed by atoms with E-state index in [0.717, 1.165) is 10.5 Å². The van der Waals surface area contributed by atoms with Crippen LogP contribution in [-0.4, -0.2) is 23.3 Å². The lowest BCUT2D eigenvalue weighted by Crippen LogP contribution is -2.32. The lowest BCUT2D eigenvalue weighted by molar-refractivity contribution is -0.431. The molecule has 1 aliphatic rings. The largest absolute Gasteiger partial charge is 0.460 e. The van der Waals surface area contributed by atoms with Gasteiger partial charge < -0.3 is 10.1 Å². The molecule has 7 heteroatoms. The van der Waals surface area contributed by atoms with Crippen molar-refractivity contribution in [1.29, 1.82) is 0 Å². The summed E-state index contributed by atoms with van der Waals surface area (Å²) < 4.78 is 5.36. The third-order valence-electron chi connectivity index (χ3n) is 3.93. The highest BCUT2D eigenvalue weighted by Gasteiger charge is 2.41. The Balaban J connectivity index is 2.69. The molecule has 1 N–H and O–H groups in total. The van der Waals surface area contributed by atoms with Crippen LogP contribution < -0.4 is 5.32 Å². The Morgan fingerprint density at radius 1 is 1.28 bits per heavy atom. The summed E-state index contributed by atoms with van der Waals surface area (Å²) in [6.07, 6.45) is 1.60. The zero-order valence-corrected chi connectivity index (χ0v) is 15.8. The number of nitro groups is 1. The van der Waals surface area contributed by atoms with Gasteiger partial charge in [0, 0.05) is 10.6 Å². The number of esters is 1. The number of allylic oxidation sites excluding steroid dienone is 3. The molecule has 0 spiro atoms. The maximum atomic E-state index is 12.7. The second-order valence-electron chi connectivity index (χ2n) is 6.06. The van der Waals surface area contributed by atoms with Gasteiger partial charge in [0.2, 0.25) is 0 Å². The molecule has 1 aromatic carbocycles. The van der Waals surface area contributed by atoms with Gasteiger partial charge in [-0.15, -0.1) is 11.8 Å². The second kappa shape index (κ2) is 7.74. The van der Waals surface area contributed by atoms with Gasteiger partial charge in [-0.05, 0) is 45.6 Å². The fourth-order valence-corrected chi connectivity index (χ4v) is 3.62. The van der Waals surface area contributed by atoms with Crippen LogP contribution in [0, 0.1) is 10.1 Å². The summed E-state index contributed by atoms with van der Waals surface area (Å²) in [6.45, 7) is 6.90. The first-order valence-electron chi connectivity index (χ1n) is 7.94. The molecule has 0 amide bonds. The lowest BCUT2D eigenvalue weighted by Gasteiger charge is -2.28. The summed E-state index contributed by atoms with van der Waals surface area (Å²) in [5.41, 5.74) is 2.01. The fourth-order valence-electron chi connectivity index (χ4n) is 2.98. The van der Waals surface area contributed by atoms with Crippen LogP contribution in [0.1, 0.15) is 39.2 Å². The first-order valence-corrected chi connectivity index (χ1v) is 9.17. The molecule has 1 aliphatic heterocycles. The smallest absolute Gasteiger partial charge is 0.337 e. The Labute approximate surface area is 151 Å². The van der Waals surface area contributed by atoms with Gasteiger partial charge in [-0.3, -0.25) is 10.1 Å². The highest BCUT2D eigenvalue weighted by Crippen LogP contribution is 2.42. The molecule has 1 aromatic rings. The molecular formula is C18H22N2O4S. The predicted molar refractivity (Wildman–Crippen MR) is 97.7 cm³/mol. The summed E-state index contributed by atoms with van der Waals surface area (Å²) in [5, 5.41) is 14.7. The number of dihydropyridines is 1.